The zero-order valence-corrected chi connectivity index (χ0v) is 16.8. The summed E-state index contributed by atoms with van der Waals surface area (Å²) in [6, 6.07) is 5.02. The van der Waals surface area contributed by atoms with E-state index < -0.39 is 12.3 Å². The minimum Gasteiger partial charge on any atom is -0.374 e. The number of aliphatic hydroxyl groups is 1. The summed E-state index contributed by atoms with van der Waals surface area (Å²) in [5.74, 6) is -0.536. The van der Waals surface area contributed by atoms with Crippen LogP contribution in [0, 0.1) is 0 Å². The first-order valence-electron chi connectivity index (χ1n) is 9.98. The summed E-state index contributed by atoms with van der Waals surface area (Å²) in [4.78, 5) is 32.2. The number of nitrogens with one attached hydrogen (secondary N) is 1. The van der Waals surface area contributed by atoms with Crippen molar-refractivity contribution in [2.45, 2.75) is 43.4 Å². The maximum absolute atomic E-state index is 13.3. The number of carbonyl (C=O) groups excluding carboxylic acids is 2. The Bertz CT molecular complexity index is 1230. The number of aliphatic hydroxyl groups excluding tert-OH is 1. The van der Waals surface area contributed by atoms with Crippen LogP contribution in [0.2, 0.25) is 0 Å². The topological polar surface area (TPSA) is 100 Å². The minimum atomic E-state index is -0.864. The number of piperidine rings is 1. The molecule has 8 nitrogen and oxygen atoms in total. The van der Waals surface area contributed by atoms with E-state index in [4.69, 9.17) is 4.98 Å². The maximum Gasteiger partial charge on any atom is 0.259 e. The molecule has 2 N–H and O–H groups in total. The number of nitrogens with zero attached hydrogens (tertiary/aromatic N) is 4. The van der Waals surface area contributed by atoms with Gasteiger partial charge in [-0.25, -0.2) is 4.09 Å². The molecular weight excluding hydrogens is 402 g/mol. The molecule has 2 fully saturated rings. The van der Waals surface area contributed by atoms with Gasteiger partial charge in [0.2, 0.25) is 5.91 Å². The van der Waals surface area contributed by atoms with Gasteiger partial charge >= 0.3 is 0 Å². The smallest absolute Gasteiger partial charge is 0.259 e. The van der Waals surface area contributed by atoms with Crippen molar-refractivity contribution >= 4 is 41.1 Å². The maximum atomic E-state index is 13.3. The summed E-state index contributed by atoms with van der Waals surface area (Å²) >= 11 is 4.27. The summed E-state index contributed by atoms with van der Waals surface area (Å²) in [6.45, 7) is 0. The number of pyridine rings is 1. The monoisotopic (exact) mass is 421 g/mol. The highest BCUT2D eigenvalue weighted by Crippen LogP contribution is 2.55. The molecule has 2 aromatic heterocycles. The number of benzene rings is 1. The highest BCUT2D eigenvalue weighted by atomic mass is 32.1. The molecule has 9 heteroatoms. The van der Waals surface area contributed by atoms with Gasteiger partial charge < -0.3 is 10.4 Å². The molecule has 0 bridgehead atoms. The van der Waals surface area contributed by atoms with Crippen molar-refractivity contribution in [3.63, 3.8) is 0 Å². The first kappa shape index (κ1) is 17.9. The second kappa shape index (κ2) is 6.05. The standard InChI is InChI=1S/C21H19N5O3S/c27-16-5-4-14(19(28)24-16)26-15-9-22-18(12-2-1-3-13(17(12)15)20(26)29)21(6-7-21)11-8-23-25(30)10-11/h1-3,8-10,14,16,27,30H,4-7H2,(H,24,28). The molecule has 1 saturated carbocycles. The van der Waals surface area contributed by atoms with E-state index in [-0.39, 0.29) is 17.2 Å². The van der Waals surface area contributed by atoms with E-state index in [1.165, 1.54) is 4.09 Å². The molecule has 0 radical (unpaired) electrons. The molecule has 30 heavy (non-hydrogen) atoms. The number of carbonyl (C=O) groups is 2. The van der Waals surface area contributed by atoms with E-state index in [1.807, 2.05) is 24.5 Å². The van der Waals surface area contributed by atoms with E-state index in [9.17, 15) is 14.7 Å². The molecule has 4 heterocycles. The third kappa shape index (κ3) is 2.33. The van der Waals surface area contributed by atoms with Crippen molar-refractivity contribution in [1.82, 2.24) is 19.5 Å². The summed E-state index contributed by atoms with van der Waals surface area (Å²) in [6.07, 6.45) is 7.29. The Kier molecular flexibility index (Phi) is 3.61. The number of hydrogen-bond acceptors (Lipinski definition) is 6. The number of rotatable bonds is 3. The van der Waals surface area contributed by atoms with Crippen LogP contribution in [0.3, 0.4) is 0 Å². The second-order valence-corrected chi connectivity index (χ2v) is 8.65. The Morgan fingerprint density at radius 3 is 2.73 bits per heavy atom. The number of hydrogen-bond donors (Lipinski definition) is 3. The molecule has 2 atom stereocenters. The molecule has 1 saturated heterocycles. The van der Waals surface area contributed by atoms with E-state index >= 15 is 0 Å². The molecule has 152 valence electrons. The van der Waals surface area contributed by atoms with Gasteiger partial charge in [-0.3, -0.25) is 19.5 Å². The van der Waals surface area contributed by atoms with Gasteiger partial charge in [0.15, 0.2) is 0 Å². The molecule has 3 aliphatic rings. The van der Waals surface area contributed by atoms with E-state index in [1.54, 1.807) is 17.2 Å². The van der Waals surface area contributed by atoms with Crippen LogP contribution in [0.25, 0.3) is 10.8 Å². The fourth-order valence-electron chi connectivity index (χ4n) is 4.95. The predicted molar refractivity (Wildman–Crippen MR) is 112 cm³/mol. The lowest BCUT2D eigenvalue weighted by Gasteiger charge is -2.32. The molecule has 6 rings (SSSR count). The van der Waals surface area contributed by atoms with Crippen LogP contribution in [-0.2, 0) is 10.2 Å². The minimum absolute atomic E-state index is 0.195. The highest BCUT2D eigenvalue weighted by molar-refractivity contribution is 7.78. The zero-order chi connectivity index (χ0) is 20.6. The van der Waals surface area contributed by atoms with Gasteiger partial charge in [0, 0.05) is 33.5 Å². The van der Waals surface area contributed by atoms with E-state index in [0.717, 1.165) is 34.9 Å². The van der Waals surface area contributed by atoms with Crippen molar-refractivity contribution in [3.05, 3.63) is 53.6 Å². The Balaban J connectivity index is 1.51. The van der Waals surface area contributed by atoms with Crippen LogP contribution in [0.5, 0.6) is 0 Å². The van der Waals surface area contributed by atoms with Crippen molar-refractivity contribution in [1.29, 1.82) is 0 Å². The normalized spacial score (nSPS) is 24.4. The molecule has 1 aliphatic carbocycles. The summed E-state index contributed by atoms with van der Waals surface area (Å²) in [5.41, 5.74) is 3.02. The summed E-state index contributed by atoms with van der Waals surface area (Å²) < 4.78 is 1.50. The third-order valence-electron chi connectivity index (χ3n) is 6.56. The first-order chi connectivity index (χ1) is 14.5. The van der Waals surface area contributed by atoms with Crippen LogP contribution in [-0.4, -0.2) is 43.4 Å². The van der Waals surface area contributed by atoms with Gasteiger partial charge in [-0.05, 0) is 44.6 Å². The number of thiol groups is 1. The molecule has 2 amide bonds. The Morgan fingerprint density at radius 1 is 1.20 bits per heavy atom. The van der Waals surface area contributed by atoms with E-state index in [2.05, 4.69) is 23.2 Å². The van der Waals surface area contributed by atoms with Crippen molar-refractivity contribution < 1.29 is 14.7 Å². The number of amides is 2. The fourth-order valence-corrected chi connectivity index (χ4v) is 5.12. The second-order valence-electron chi connectivity index (χ2n) is 8.24. The Hall–Kier alpha value is -2.91. The van der Waals surface area contributed by atoms with Gasteiger partial charge in [0.25, 0.3) is 5.91 Å². The average molecular weight is 421 g/mol. The van der Waals surface area contributed by atoms with Gasteiger partial charge in [-0.1, -0.05) is 12.1 Å². The lowest BCUT2D eigenvalue weighted by Crippen LogP contribution is -2.55. The first-order valence-corrected chi connectivity index (χ1v) is 10.4. The molecule has 0 spiro atoms. The lowest BCUT2D eigenvalue weighted by atomic mass is 9.90. The number of aromatic nitrogens is 3. The molecular formula is C21H19N5O3S. The lowest BCUT2D eigenvalue weighted by molar-refractivity contribution is -0.128. The molecule has 3 aromatic rings. The largest absolute Gasteiger partial charge is 0.374 e. The molecule has 2 unspecified atom stereocenters. The van der Waals surface area contributed by atoms with Crippen molar-refractivity contribution in [2.75, 3.05) is 4.90 Å². The zero-order valence-electron chi connectivity index (χ0n) is 15.9. The molecule has 1 aromatic carbocycles. The summed E-state index contributed by atoms with van der Waals surface area (Å²) in [7, 11) is 0. The van der Waals surface area contributed by atoms with Crippen molar-refractivity contribution in [2.24, 2.45) is 0 Å². The van der Waals surface area contributed by atoms with Crippen LogP contribution >= 0.6 is 12.8 Å². The fraction of sp³-hybridized carbons (Fsp3) is 0.333. The predicted octanol–water partition coefficient (Wildman–Crippen LogP) is 1.76. The molecule has 2 aliphatic heterocycles. The van der Waals surface area contributed by atoms with Gasteiger partial charge in [-0.2, -0.15) is 5.10 Å². The van der Waals surface area contributed by atoms with Crippen molar-refractivity contribution in [3.8, 4) is 0 Å². The average Bonchev–Trinajstić information content (AvgIpc) is 3.34. The van der Waals surface area contributed by atoms with Crippen LogP contribution < -0.4 is 10.2 Å². The third-order valence-corrected chi connectivity index (χ3v) is 6.78. The van der Waals surface area contributed by atoms with Crippen LogP contribution in [0.1, 0.15) is 47.3 Å². The van der Waals surface area contributed by atoms with Crippen LogP contribution in [0.4, 0.5) is 5.69 Å². The Labute approximate surface area is 177 Å². The highest BCUT2D eigenvalue weighted by Gasteiger charge is 2.50. The summed E-state index contributed by atoms with van der Waals surface area (Å²) in [5, 5.41) is 18.2. The van der Waals surface area contributed by atoms with Crippen LogP contribution in [0.15, 0.2) is 36.8 Å². The van der Waals surface area contributed by atoms with E-state index in [0.29, 0.717) is 24.1 Å². The van der Waals surface area contributed by atoms with Gasteiger partial charge in [0.05, 0.1) is 23.8 Å². The Morgan fingerprint density at radius 2 is 2.03 bits per heavy atom. The number of anilines is 1. The van der Waals surface area contributed by atoms with Gasteiger partial charge in [-0.15, -0.1) is 0 Å². The van der Waals surface area contributed by atoms with Gasteiger partial charge in [0.1, 0.15) is 12.3 Å². The SMILES string of the molecule is O=C1NC(O)CCC1N1C(=O)c2cccc3c(C4(c5cnn(S)c5)CC4)ncc1c23. The quantitative estimate of drug-likeness (QED) is 0.560.